The number of nitrogens with one attached hydrogen (secondary N) is 2. The van der Waals surface area contributed by atoms with Gasteiger partial charge in [-0.3, -0.25) is 4.79 Å². The molecule has 0 saturated heterocycles. The zero-order chi connectivity index (χ0) is 19.6. The Hall–Kier alpha value is -2.54. The highest BCUT2D eigenvalue weighted by atomic mass is 16.5. The summed E-state index contributed by atoms with van der Waals surface area (Å²) in [5, 5.41) is 6.36. The van der Waals surface area contributed by atoms with E-state index in [1.807, 2.05) is 18.2 Å². The highest BCUT2D eigenvalue weighted by Gasteiger charge is 2.15. The van der Waals surface area contributed by atoms with E-state index < -0.39 is 5.91 Å². The van der Waals surface area contributed by atoms with Gasteiger partial charge in [0.1, 0.15) is 5.70 Å². The molecular weight excluding hydrogens is 344 g/mol. The van der Waals surface area contributed by atoms with Gasteiger partial charge in [0.2, 0.25) is 5.90 Å². The maximum atomic E-state index is 11.1. The Morgan fingerprint density at radius 2 is 2.11 bits per heavy atom. The number of aliphatic imine (C=N–C) groups is 1. The van der Waals surface area contributed by atoms with Crippen LogP contribution in [0.15, 0.2) is 35.1 Å². The summed E-state index contributed by atoms with van der Waals surface area (Å²) in [7, 11) is 1.61. The van der Waals surface area contributed by atoms with Gasteiger partial charge < -0.3 is 25.8 Å². The highest BCUT2D eigenvalue weighted by molar-refractivity contribution is 5.94. The first-order valence-corrected chi connectivity index (χ1v) is 9.43. The summed E-state index contributed by atoms with van der Waals surface area (Å²) in [6, 6.07) is 5.83. The molecule has 148 valence electrons. The Labute approximate surface area is 161 Å². The molecule has 0 bridgehead atoms. The van der Waals surface area contributed by atoms with Crippen molar-refractivity contribution in [1.29, 1.82) is 0 Å². The molecular formula is C20H30N4O3. The first-order valence-electron chi connectivity index (χ1n) is 9.43. The number of hydrogen-bond donors (Lipinski definition) is 3. The zero-order valence-corrected chi connectivity index (χ0v) is 16.4. The maximum Gasteiger partial charge on any atom is 0.266 e. The predicted molar refractivity (Wildman–Crippen MR) is 107 cm³/mol. The van der Waals surface area contributed by atoms with Crippen molar-refractivity contribution in [3.63, 3.8) is 0 Å². The van der Waals surface area contributed by atoms with Crippen LogP contribution in [0.3, 0.4) is 0 Å². The fourth-order valence-corrected chi connectivity index (χ4v) is 2.88. The lowest BCUT2D eigenvalue weighted by molar-refractivity contribution is -0.114. The number of primary amides is 1. The van der Waals surface area contributed by atoms with Crippen LogP contribution in [0.1, 0.15) is 38.7 Å². The predicted octanol–water partition coefficient (Wildman–Crippen LogP) is 2.32. The van der Waals surface area contributed by atoms with E-state index in [0.29, 0.717) is 17.4 Å². The Morgan fingerprint density at radius 3 is 2.70 bits per heavy atom. The van der Waals surface area contributed by atoms with E-state index in [-0.39, 0.29) is 12.2 Å². The molecule has 0 spiro atoms. The summed E-state index contributed by atoms with van der Waals surface area (Å²) in [5.41, 5.74) is 6.60. The average Bonchev–Trinajstić information content (AvgIpc) is 2.69. The molecule has 0 atom stereocenters. The summed E-state index contributed by atoms with van der Waals surface area (Å²) in [6.45, 7) is 6.56. The van der Waals surface area contributed by atoms with Crippen molar-refractivity contribution in [2.75, 3.05) is 20.2 Å². The second kappa shape index (κ2) is 10.6. The van der Waals surface area contributed by atoms with Gasteiger partial charge in [-0.05, 0) is 36.6 Å². The van der Waals surface area contributed by atoms with E-state index in [1.165, 1.54) is 25.5 Å². The molecule has 0 radical (unpaired) electrons. The molecule has 0 aromatic heterocycles. The molecule has 0 fully saturated rings. The van der Waals surface area contributed by atoms with Crippen molar-refractivity contribution in [3.05, 3.63) is 35.7 Å². The average molecular weight is 374 g/mol. The van der Waals surface area contributed by atoms with Gasteiger partial charge in [0.15, 0.2) is 11.5 Å². The standard InChI is InChI=1S/C20H30N4O3/c1-4-14(5-2)8-9-22-11-15-6-7-17(18(10-15)26-3)27-19-13-23-16(12-24-19)20(21)25/h6-7,10,12,14,22-23H,4-5,8-9,11,13H2,1-3H3,(H2,21,25). The van der Waals surface area contributed by atoms with Crippen LogP contribution in [0.25, 0.3) is 0 Å². The minimum absolute atomic E-state index is 0.268. The van der Waals surface area contributed by atoms with Crippen molar-refractivity contribution in [2.24, 2.45) is 16.6 Å². The highest BCUT2D eigenvalue weighted by Crippen LogP contribution is 2.28. The first kappa shape index (κ1) is 20.8. The van der Waals surface area contributed by atoms with Crippen LogP contribution in [-0.4, -0.2) is 32.0 Å². The molecule has 0 saturated carbocycles. The number of nitrogens with two attached hydrogens (primary N) is 1. The van der Waals surface area contributed by atoms with Gasteiger partial charge in [-0.2, -0.15) is 0 Å². The van der Waals surface area contributed by atoms with Gasteiger partial charge in [0.05, 0.1) is 19.9 Å². The lowest BCUT2D eigenvalue weighted by Crippen LogP contribution is -2.34. The molecule has 4 N–H and O–H groups in total. The number of rotatable bonds is 10. The molecule has 2 rings (SSSR count). The SMILES string of the molecule is CCC(CC)CCNCc1ccc(OC2=NC=C(C(N)=O)NC2)c(OC)c1. The van der Waals surface area contributed by atoms with Crippen molar-refractivity contribution < 1.29 is 14.3 Å². The summed E-state index contributed by atoms with van der Waals surface area (Å²) in [4.78, 5) is 15.2. The van der Waals surface area contributed by atoms with Gasteiger partial charge in [0, 0.05) is 6.54 Å². The largest absolute Gasteiger partial charge is 0.493 e. The van der Waals surface area contributed by atoms with Crippen LogP contribution < -0.4 is 25.8 Å². The lowest BCUT2D eigenvalue weighted by atomic mass is 10.00. The van der Waals surface area contributed by atoms with Gasteiger partial charge >= 0.3 is 0 Å². The van der Waals surface area contributed by atoms with Crippen LogP contribution in [-0.2, 0) is 11.3 Å². The number of nitrogens with zero attached hydrogens (tertiary/aromatic N) is 1. The molecule has 27 heavy (non-hydrogen) atoms. The topological polar surface area (TPSA) is 98.0 Å². The van der Waals surface area contributed by atoms with Crippen molar-refractivity contribution in [2.45, 2.75) is 39.7 Å². The third kappa shape index (κ3) is 6.29. The minimum Gasteiger partial charge on any atom is -0.493 e. The Bertz CT molecular complexity index is 696. The molecule has 0 unspecified atom stereocenters. The molecule has 1 aliphatic rings. The van der Waals surface area contributed by atoms with E-state index in [0.717, 1.165) is 24.6 Å². The van der Waals surface area contributed by atoms with Crippen molar-refractivity contribution in [1.82, 2.24) is 10.6 Å². The van der Waals surface area contributed by atoms with Crippen LogP contribution in [0.4, 0.5) is 0 Å². The smallest absolute Gasteiger partial charge is 0.266 e. The van der Waals surface area contributed by atoms with Crippen LogP contribution >= 0.6 is 0 Å². The normalized spacial score (nSPS) is 13.6. The number of methoxy groups -OCH3 is 1. The van der Waals surface area contributed by atoms with Gasteiger partial charge in [-0.25, -0.2) is 4.99 Å². The summed E-state index contributed by atoms with van der Waals surface area (Å²) >= 11 is 0. The number of benzene rings is 1. The van der Waals surface area contributed by atoms with Crippen LogP contribution in [0.5, 0.6) is 11.5 Å². The molecule has 0 aliphatic carbocycles. The molecule has 7 nitrogen and oxygen atoms in total. The zero-order valence-electron chi connectivity index (χ0n) is 16.4. The Kier molecular flexibility index (Phi) is 8.13. The third-order valence-corrected chi connectivity index (χ3v) is 4.70. The first-order chi connectivity index (χ1) is 13.1. The van der Waals surface area contributed by atoms with E-state index in [2.05, 4.69) is 29.5 Å². The second-order valence-corrected chi connectivity index (χ2v) is 6.52. The summed E-state index contributed by atoms with van der Waals surface area (Å²) in [5.74, 6) is 1.90. The number of hydrogen-bond acceptors (Lipinski definition) is 6. The number of amides is 1. The van der Waals surface area contributed by atoms with Crippen molar-refractivity contribution in [3.8, 4) is 11.5 Å². The van der Waals surface area contributed by atoms with Crippen LogP contribution in [0, 0.1) is 5.92 Å². The fourth-order valence-electron chi connectivity index (χ4n) is 2.88. The number of carbonyl (C=O) groups excluding carboxylic acids is 1. The summed E-state index contributed by atoms with van der Waals surface area (Å²) in [6.07, 6.45) is 5.02. The Morgan fingerprint density at radius 1 is 1.33 bits per heavy atom. The molecule has 7 heteroatoms. The molecule has 1 heterocycles. The van der Waals surface area contributed by atoms with Crippen molar-refractivity contribution >= 4 is 11.8 Å². The van der Waals surface area contributed by atoms with E-state index in [1.54, 1.807) is 7.11 Å². The summed E-state index contributed by atoms with van der Waals surface area (Å²) < 4.78 is 11.2. The van der Waals surface area contributed by atoms with E-state index >= 15 is 0 Å². The second-order valence-electron chi connectivity index (χ2n) is 6.52. The van der Waals surface area contributed by atoms with E-state index in [9.17, 15) is 4.79 Å². The Balaban J connectivity index is 1.93. The van der Waals surface area contributed by atoms with Gasteiger partial charge in [-0.15, -0.1) is 0 Å². The lowest BCUT2D eigenvalue weighted by Gasteiger charge is -2.17. The monoisotopic (exact) mass is 374 g/mol. The maximum absolute atomic E-state index is 11.1. The third-order valence-electron chi connectivity index (χ3n) is 4.70. The minimum atomic E-state index is -0.545. The molecule has 1 aromatic carbocycles. The fraction of sp³-hybridized carbons (Fsp3) is 0.500. The molecule has 1 amide bonds. The van der Waals surface area contributed by atoms with Gasteiger partial charge in [0.25, 0.3) is 5.91 Å². The number of ether oxygens (including phenoxy) is 2. The van der Waals surface area contributed by atoms with Gasteiger partial charge in [-0.1, -0.05) is 32.8 Å². The quantitative estimate of drug-likeness (QED) is 0.546. The molecule has 1 aromatic rings. The van der Waals surface area contributed by atoms with Crippen LogP contribution in [0.2, 0.25) is 0 Å². The molecule has 1 aliphatic heterocycles. The van der Waals surface area contributed by atoms with E-state index in [4.69, 9.17) is 15.2 Å². The number of carbonyl (C=O) groups is 1.